The smallest absolute Gasteiger partial charge is 0.248 e. The Bertz CT molecular complexity index is 397. The summed E-state index contributed by atoms with van der Waals surface area (Å²) in [5.41, 5.74) is 0. The summed E-state index contributed by atoms with van der Waals surface area (Å²) in [7, 11) is -3.60. The van der Waals surface area contributed by atoms with Crippen LogP contribution in [0.5, 0.6) is 0 Å². The number of nitrogens with zero attached hydrogens (tertiary/aromatic N) is 2. The highest BCUT2D eigenvalue weighted by Gasteiger charge is 1.94. The maximum absolute atomic E-state index is 9.22. The maximum Gasteiger partial charge on any atom is 0.248 e. The highest BCUT2D eigenvalue weighted by molar-refractivity contribution is 7.80. The molecule has 0 aromatic carbocycles. The number of aryl methyl sites for hydroxylation is 1. The predicted molar refractivity (Wildman–Crippen MR) is 53.4 cm³/mol. The third-order valence-corrected chi connectivity index (χ3v) is 1.90. The predicted octanol–water partition coefficient (Wildman–Crippen LogP) is -0.0110. The van der Waals surface area contributed by atoms with Gasteiger partial charge in [-0.25, -0.2) is 17.6 Å². The molecule has 7 heteroatoms. The van der Waals surface area contributed by atoms with Crippen molar-refractivity contribution in [3.05, 3.63) is 25.3 Å². The summed E-state index contributed by atoms with van der Waals surface area (Å²) in [5.74, 6) is 0. The van der Waals surface area contributed by atoms with Crippen LogP contribution >= 0.6 is 0 Å². The Labute approximate surface area is 89.4 Å². The van der Waals surface area contributed by atoms with Gasteiger partial charge in [0, 0.05) is 0 Å². The standard InChI is InChI=1S/C7H11N2.CH4O4S/c1-3-8-5-6-9(4-2)7-8;1-5-6(2,3)4/h3,5-7H,1,4H2,2H3;1H3,(H,2,3,4)/q+1;/p-1. The van der Waals surface area contributed by atoms with E-state index in [1.54, 1.807) is 6.20 Å². The second-order valence-electron chi connectivity index (χ2n) is 2.45. The fraction of sp³-hybridized carbons (Fsp3) is 0.375. The first-order chi connectivity index (χ1) is 6.92. The van der Waals surface area contributed by atoms with Crippen molar-refractivity contribution in [3.8, 4) is 0 Å². The molecule has 0 aliphatic heterocycles. The van der Waals surface area contributed by atoms with Crippen molar-refractivity contribution in [2.45, 2.75) is 13.5 Å². The lowest BCUT2D eigenvalue weighted by Gasteiger charge is -1.98. The lowest BCUT2D eigenvalue weighted by atomic mass is 10.7. The topological polar surface area (TPSA) is 75.2 Å². The highest BCUT2D eigenvalue weighted by Crippen LogP contribution is 1.81. The van der Waals surface area contributed by atoms with Crippen molar-refractivity contribution >= 4 is 16.6 Å². The zero-order valence-corrected chi connectivity index (χ0v) is 9.48. The summed E-state index contributed by atoms with van der Waals surface area (Å²) in [6, 6.07) is 0. The van der Waals surface area contributed by atoms with E-state index in [2.05, 4.69) is 22.3 Å². The van der Waals surface area contributed by atoms with Crippen molar-refractivity contribution in [1.29, 1.82) is 0 Å². The van der Waals surface area contributed by atoms with Crippen LogP contribution in [-0.4, -0.2) is 24.6 Å². The van der Waals surface area contributed by atoms with Crippen molar-refractivity contribution in [3.63, 3.8) is 0 Å². The first-order valence-corrected chi connectivity index (χ1v) is 5.46. The van der Waals surface area contributed by atoms with E-state index in [1.807, 2.05) is 23.3 Å². The van der Waals surface area contributed by atoms with E-state index in [1.165, 1.54) is 0 Å². The Morgan fingerprint density at radius 1 is 1.67 bits per heavy atom. The van der Waals surface area contributed by atoms with Crippen LogP contribution in [-0.2, 0) is 21.1 Å². The van der Waals surface area contributed by atoms with Crippen LogP contribution in [0.25, 0.3) is 6.20 Å². The molecule has 0 radical (unpaired) electrons. The zero-order chi connectivity index (χ0) is 11.9. The number of hydrogen-bond donors (Lipinski definition) is 0. The van der Waals surface area contributed by atoms with Crippen LogP contribution in [0.2, 0.25) is 0 Å². The molecule has 6 nitrogen and oxygen atoms in total. The van der Waals surface area contributed by atoms with E-state index in [-0.39, 0.29) is 0 Å². The van der Waals surface area contributed by atoms with E-state index in [4.69, 9.17) is 0 Å². The molecule has 0 unspecified atom stereocenters. The van der Waals surface area contributed by atoms with Gasteiger partial charge in [-0.3, -0.25) is 4.18 Å². The van der Waals surface area contributed by atoms with E-state index < -0.39 is 10.4 Å². The summed E-state index contributed by atoms with van der Waals surface area (Å²) in [6.07, 6.45) is 7.75. The van der Waals surface area contributed by atoms with Gasteiger partial charge in [0.25, 0.3) is 0 Å². The number of hydrogen-bond acceptors (Lipinski definition) is 4. The summed E-state index contributed by atoms with van der Waals surface area (Å²) >= 11 is 0. The van der Waals surface area contributed by atoms with Gasteiger partial charge in [0.2, 0.25) is 16.7 Å². The second-order valence-corrected chi connectivity index (χ2v) is 3.60. The first-order valence-electron chi connectivity index (χ1n) is 4.13. The Morgan fingerprint density at radius 3 is 2.40 bits per heavy atom. The second kappa shape index (κ2) is 6.33. The van der Waals surface area contributed by atoms with E-state index in [0.717, 1.165) is 13.7 Å². The lowest BCUT2D eigenvalue weighted by Crippen LogP contribution is -2.21. The minimum absolute atomic E-state index is 0.808. The number of rotatable bonds is 3. The molecule has 0 N–H and O–H groups in total. The molecule has 1 aromatic heterocycles. The van der Waals surface area contributed by atoms with Gasteiger partial charge in [0.1, 0.15) is 12.4 Å². The average molecular weight is 234 g/mol. The van der Waals surface area contributed by atoms with Crippen LogP contribution < -0.4 is 4.57 Å². The van der Waals surface area contributed by atoms with Crippen LogP contribution in [0.1, 0.15) is 6.92 Å². The van der Waals surface area contributed by atoms with Gasteiger partial charge in [-0.15, -0.1) is 0 Å². The summed E-state index contributed by atoms with van der Waals surface area (Å²) in [5, 5.41) is 0. The van der Waals surface area contributed by atoms with E-state index in [9.17, 15) is 13.0 Å². The molecular weight excluding hydrogens is 220 g/mol. The fourth-order valence-electron chi connectivity index (χ4n) is 0.706. The van der Waals surface area contributed by atoms with Crippen molar-refractivity contribution in [1.82, 2.24) is 4.57 Å². The van der Waals surface area contributed by atoms with Gasteiger partial charge in [-0.1, -0.05) is 6.58 Å². The SMILES string of the molecule is C=C[n+]1ccn(CC)c1.COS(=O)(=O)[O-]. The molecule has 0 spiro atoms. The van der Waals surface area contributed by atoms with E-state index >= 15 is 0 Å². The number of aromatic nitrogens is 2. The van der Waals surface area contributed by atoms with Gasteiger partial charge < -0.3 is 4.55 Å². The van der Waals surface area contributed by atoms with Crippen molar-refractivity contribution in [2.24, 2.45) is 0 Å². The first kappa shape index (κ1) is 13.8. The molecule has 15 heavy (non-hydrogen) atoms. The molecule has 86 valence electrons. The molecule has 1 heterocycles. The summed E-state index contributed by atoms with van der Waals surface area (Å²) in [4.78, 5) is 0. The van der Waals surface area contributed by atoms with Gasteiger partial charge in [0.05, 0.1) is 19.9 Å². The summed E-state index contributed by atoms with van der Waals surface area (Å²) in [6.45, 7) is 6.75. The average Bonchev–Trinajstić information content (AvgIpc) is 2.65. The van der Waals surface area contributed by atoms with E-state index in [0.29, 0.717) is 0 Å². The molecule has 0 saturated carbocycles. The van der Waals surface area contributed by atoms with Gasteiger partial charge in [0.15, 0.2) is 0 Å². The molecule has 1 aromatic rings. The fourth-order valence-corrected chi connectivity index (χ4v) is 0.706. The quantitative estimate of drug-likeness (QED) is 0.419. The van der Waals surface area contributed by atoms with Crippen LogP contribution in [0.3, 0.4) is 0 Å². The number of imidazole rings is 1. The minimum atomic E-state index is -4.41. The highest BCUT2D eigenvalue weighted by atomic mass is 32.3. The monoisotopic (exact) mass is 234 g/mol. The van der Waals surface area contributed by atoms with Crippen LogP contribution in [0.4, 0.5) is 0 Å². The Morgan fingerprint density at radius 2 is 2.20 bits per heavy atom. The Kier molecular flexibility index (Phi) is 5.83. The molecule has 0 bridgehead atoms. The molecule has 0 fully saturated rings. The molecule has 0 aliphatic carbocycles. The maximum atomic E-state index is 9.22. The molecule has 0 amide bonds. The Balaban J connectivity index is 0.000000288. The normalized spacial score (nSPS) is 10.3. The molecule has 0 aliphatic rings. The third-order valence-electron chi connectivity index (χ3n) is 1.49. The largest absolute Gasteiger partial charge is 0.726 e. The summed E-state index contributed by atoms with van der Waals surface area (Å²) < 4.78 is 35.0. The van der Waals surface area contributed by atoms with Crippen LogP contribution in [0, 0.1) is 0 Å². The van der Waals surface area contributed by atoms with Gasteiger partial charge >= 0.3 is 0 Å². The van der Waals surface area contributed by atoms with Gasteiger partial charge in [-0.2, -0.15) is 0 Å². The zero-order valence-electron chi connectivity index (χ0n) is 8.66. The third kappa shape index (κ3) is 6.83. The Hall–Kier alpha value is -1.18. The molecule has 0 atom stereocenters. The molecular formula is C8H14N2O4S. The lowest BCUT2D eigenvalue weighted by molar-refractivity contribution is -0.567. The molecule has 1 rings (SSSR count). The van der Waals surface area contributed by atoms with Crippen LogP contribution in [0.15, 0.2) is 25.3 Å². The molecule has 0 saturated heterocycles. The minimum Gasteiger partial charge on any atom is -0.726 e. The van der Waals surface area contributed by atoms with Crippen molar-refractivity contribution < 1.29 is 21.7 Å². The van der Waals surface area contributed by atoms with Gasteiger partial charge in [-0.05, 0) is 6.92 Å². The van der Waals surface area contributed by atoms with Crippen molar-refractivity contribution in [2.75, 3.05) is 7.11 Å².